The van der Waals surface area contributed by atoms with Gasteiger partial charge in [0.15, 0.2) is 0 Å². The number of likely N-dealkylation sites (tertiary alicyclic amines) is 1. The predicted octanol–water partition coefficient (Wildman–Crippen LogP) is 1.47. The van der Waals surface area contributed by atoms with Gasteiger partial charge in [0.05, 0.1) is 0 Å². The highest BCUT2D eigenvalue weighted by molar-refractivity contribution is 5.93. The van der Waals surface area contributed by atoms with Crippen LogP contribution in [0.15, 0.2) is 12.3 Å². The van der Waals surface area contributed by atoms with Gasteiger partial charge < -0.3 is 15.6 Å². The summed E-state index contributed by atoms with van der Waals surface area (Å²) in [5.74, 6) is 0.674. The van der Waals surface area contributed by atoms with Gasteiger partial charge in [-0.3, -0.25) is 4.79 Å². The van der Waals surface area contributed by atoms with Crippen molar-refractivity contribution in [2.24, 2.45) is 5.92 Å². The number of piperidine rings is 1. The quantitative estimate of drug-likeness (QED) is 0.732. The van der Waals surface area contributed by atoms with Crippen LogP contribution in [0.2, 0.25) is 0 Å². The van der Waals surface area contributed by atoms with Gasteiger partial charge >= 0.3 is 0 Å². The number of nitrogens with one attached hydrogen (secondary N) is 1. The number of nitrogens with zero attached hydrogens (tertiary/aromatic N) is 1. The van der Waals surface area contributed by atoms with E-state index in [1.807, 2.05) is 4.90 Å². The molecule has 1 atom stereocenters. The van der Waals surface area contributed by atoms with Gasteiger partial charge in [-0.05, 0) is 24.8 Å². The Morgan fingerprint density at radius 3 is 3.07 bits per heavy atom. The Labute approximate surface area is 89.5 Å². The zero-order valence-corrected chi connectivity index (χ0v) is 8.99. The molecule has 1 unspecified atom stereocenters. The van der Waals surface area contributed by atoms with E-state index in [2.05, 4.69) is 11.9 Å². The molecular weight excluding hydrogens is 190 g/mol. The maximum atomic E-state index is 12.0. The highest BCUT2D eigenvalue weighted by atomic mass is 16.2. The van der Waals surface area contributed by atoms with E-state index >= 15 is 0 Å². The van der Waals surface area contributed by atoms with Crippen molar-refractivity contribution in [1.29, 1.82) is 0 Å². The molecule has 15 heavy (non-hydrogen) atoms. The molecule has 0 aromatic carbocycles. The third kappa shape index (κ3) is 2.14. The van der Waals surface area contributed by atoms with Crippen molar-refractivity contribution in [3.05, 3.63) is 18.0 Å². The van der Waals surface area contributed by atoms with E-state index < -0.39 is 0 Å². The normalized spacial score (nSPS) is 21.7. The third-order valence-corrected chi connectivity index (χ3v) is 2.88. The first-order valence-electron chi connectivity index (χ1n) is 5.40. The molecule has 1 aromatic rings. The molecule has 1 fully saturated rings. The second kappa shape index (κ2) is 3.96. The number of hydrogen-bond acceptors (Lipinski definition) is 2. The monoisotopic (exact) mass is 207 g/mol. The number of carbonyl (C=O) groups excluding carboxylic acids is 1. The number of amides is 1. The molecule has 1 aliphatic rings. The zero-order chi connectivity index (χ0) is 10.8. The lowest BCUT2D eigenvalue weighted by molar-refractivity contribution is 0.0678. The maximum absolute atomic E-state index is 12.0. The SMILES string of the molecule is CC1CCCN(C(=O)c2cc(N)c[nH]2)C1. The minimum atomic E-state index is 0.0678. The number of H-pyrrole nitrogens is 1. The van der Waals surface area contributed by atoms with E-state index in [0.717, 1.165) is 19.5 Å². The molecular formula is C11H17N3O. The molecule has 0 radical (unpaired) electrons. The van der Waals surface area contributed by atoms with E-state index in [9.17, 15) is 4.79 Å². The van der Waals surface area contributed by atoms with Gasteiger partial charge in [-0.15, -0.1) is 0 Å². The Bertz CT molecular complexity index is 358. The highest BCUT2D eigenvalue weighted by Gasteiger charge is 2.22. The fourth-order valence-corrected chi connectivity index (χ4v) is 2.08. The molecule has 82 valence electrons. The lowest BCUT2D eigenvalue weighted by atomic mass is 10.00. The fourth-order valence-electron chi connectivity index (χ4n) is 2.08. The molecule has 1 aliphatic heterocycles. The number of aromatic nitrogens is 1. The Morgan fingerprint density at radius 1 is 1.67 bits per heavy atom. The van der Waals surface area contributed by atoms with Crippen LogP contribution >= 0.6 is 0 Å². The summed E-state index contributed by atoms with van der Waals surface area (Å²) in [4.78, 5) is 16.8. The number of aromatic amines is 1. The van der Waals surface area contributed by atoms with Crippen LogP contribution in [0.1, 0.15) is 30.3 Å². The molecule has 1 amide bonds. The van der Waals surface area contributed by atoms with E-state index in [1.54, 1.807) is 12.3 Å². The summed E-state index contributed by atoms with van der Waals surface area (Å²) in [6.07, 6.45) is 3.97. The van der Waals surface area contributed by atoms with Crippen LogP contribution in [0.4, 0.5) is 5.69 Å². The van der Waals surface area contributed by atoms with E-state index in [1.165, 1.54) is 6.42 Å². The molecule has 0 bridgehead atoms. The van der Waals surface area contributed by atoms with Gasteiger partial charge in [0.1, 0.15) is 5.69 Å². The molecule has 1 saturated heterocycles. The molecule has 4 heteroatoms. The zero-order valence-electron chi connectivity index (χ0n) is 8.99. The average Bonchev–Trinajstić information content (AvgIpc) is 2.64. The number of carbonyl (C=O) groups is 1. The molecule has 3 N–H and O–H groups in total. The molecule has 2 rings (SSSR count). The number of anilines is 1. The minimum Gasteiger partial charge on any atom is -0.397 e. The Morgan fingerprint density at radius 2 is 2.47 bits per heavy atom. The number of rotatable bonds is 1. The molecule has 2 heterocycles. The summed E-state index contributed by atoms with van der Waals surface area (Å²) < 4.78 is 0. The van der Waals surface area contributed by atoms with Crippen molar-refractivity contribution >= 4 is 11.6 Å². The van der Waals surface area contributed by atoms with E-state index in [-0.39, 0.29) is 5.91 Å². The Hall–Kier alpha value is -1.45. The molecule has 0 spiro atoms. The standard InChI is InChI=1S/C11H17N3O/c1-8-3-2-4-14(7-8)11(15)10-5-9(12)6-13-10/h5-6,8,13H,2-4,7,12H2,1H3. The van der Waals surface area contributed by atoms with Crippen LogP contribution in [0, 0.1) is 5.92 Å². The first-order valence-corrected chi connectivity index (χ1v) is 5.40. The van der Waals surface area contributed by atoms with Crippen LogP contribution in [-0.4, -0.2) is 28.9 Å². The fraction of sp³-hybridized carbons (Fsp3) is 0.545. The van der Waals surface area contributed by atoms with Crippen LogP contribution in [0.25, 0.3) is 0 Å². The number of hydrogen-bond donors (Lipinski definition) is 2. The summed E-state index contributed by atoms with van der Waals surface area (Å²) in [7, 11) is 0. The topological polar surface area (TPSA) is 62.1 Å². The Kier molecular flexibility index (Phi) is 2.66. The van der Waals surface area contributed by atoms with Crippen LogP contribution in [-0.2, 0) is 0 Å². The Balaban J connectivity index is 2.07. The van der Waals surface area contributed by atoms with Crippen LogP contribution in [0.5, 0.6) is 0 Å². The highest BCUT2D eigenvalue weighted by Crippen LogP contribution is 2.18. The van der Waals surface area contributed by atoms with Gasteiger partial charge in [-0.2, -0.15) is 0 Å². The minimum absolute atomic E-state index is 0.0678. The second-order valence-corrected chi connectivity index (χ2v) is 4.35. The average molecular weight is 207 g/mol. The van der Waals surface area contributed by atoms with Crippen molar-refractivity contribution in [1.82, 2.24) is 9.88 Å². The van der Waals surface area contributed by atoms with E-state index in [4.69, 9.17) is 5.73 Å². The summed E-state index contributed by atoms with van der Waals surface area (Å²) >= 11 is 0. The summed E-state index contributed by atoms with van der Waals surface area (Å²) in [5, 5.41) is 0. The van der Waals surface area contributed by atoms with Crippen LogP contribution < -0.4 is 5.73 Å². The maximum Gasteiger partial charge on any atom is 0.270 e. The summed E-state index contributed by atoms with van der Waals surface area (Å²) in [6.45, 7) is 3.91. The van der Waals surface area contributed by atoms with Gasteiger partial charge in [0.2, 0.25) is 0 Å². The smallest absolute Gasteiger partial charge is 0.270 e. The van der Waals surface area contributed by atoms with Crippen molar-refractivity contribution in [2.45, 2.75) is 19.8 Å². The van der Waals surface area contributed by atoms with Crippen molar-refractivity contribution in [3.63, 3.8) is 0 Å². The summed E-state index contributed by atoms with van der Waals surface area (Å²) in [6, 6.07) is 1.70. The second-order valence-electron chi connectivity index (χ2n) is 4.35. The number of nitrogens with two attached hydrogens (primary N) is 1. The lowest BCUT2D eigenvalue weighted by Gasteiger charge is -2.30. The first-order chi connectivity index (χ1) is 7.16. The molecule has 0 aliphatic carbocycles. The van der Waals surface area contributed by atoms with Gasteiger partial charge in [0, 0.05) is 25.0 Å². The van der Waals surface area contributed by atoms with Gasteiger partial charge in [0.25, 0.3) is 5.91 Å². The third-order valence-electron chi connectivity index (χ3n) is 2.88. The number of nitrogen functional groups attached to an aromatic ring is 1. The predicted molar refractivity (Wildman–Crippen MR) is 59.5 cm³/mol. The van der Waals surface area contributed by atoms with Gasteiger partial charge in [-0.25, -0.2) is 0 Å². The van der Waals surface area contributed by atoms with Crippen molar-refractivity contribution in [3.8, 4) is 0 Å². The van der Waals surface area contributed by atoms with Gasteiger partial charge in [-0.1, -0.05) is 6.92 Å². The van der Waals surface area contributed by atoms with Crippen molar-refractivity contribution < 1.29 is 4.79 Å². The molecule has 0 saturated carbocycles. The largest absolute Gasteiger partial charge is 0.397 e. The van der Waals surface area contributed by atoms with Crippen molar-refractivity contribution in [2.75, 3.05) is 18.8 Å². The molecule has 1 aromatic heterocycles. The van der Waals surface area contributed by atoms with Crippen LogP contribution in [0.3, 0.4) is 0 Å². The lowest BCUT2D eigenvalue weighted by Crippen LogP contribution is -2.39. The first kappa shape index (κ1) is 10.1. The summed E-state index contributed by atoms with van der Waals surface area (Å²) in [5.41, 5.74) is 6.78. The molecule has 4 nitrogen and oxygen atoms in total. The van der Waals surface area contributed by atoms with E-state index in [0.29, 0.717) is 17.3 Å².